The topological polar surface area (TPSA) is 64.8 Å². The van der Waals surface area contributed by atoms with Gasteiger partial charge in [-0.05, 0) is 42.8 Å². The smallest absolute Gasteiger partial charge is 0.276 e. The lowest BCUT2D eigenvalue weighted by Crippen LogP contribution is -2.30. The van der Waals surface area contributed by atoms with Crippen molar-refractivity contribution in [2.24, 2.45) is 0 Å². The van der Waals surface area contributed by atoms with E-state index in [-0.39, 0.29) is 17.6 Å². The van der Waals surface area contributed by atoms with Gasteiger partial charge in [-0.1, -0.05) is 34.4 Å². The molecule has 0 saturated heterocycles. The number of nitrogens with zero attached hydrogens (tertiary/aromatic N) is 2. The van der Waals surface area contributed by atoms with Crippen LogP contribution < -0.4 is 9.47 Å². The van der Waals surface area contributed by atoms with Crippen molar-refractivity contribution >= 4 is 29.1 Å². The molecule has 3 aromatic rings. The van der Waals surface area contributed by atoms with E-state index in [0.717, 1.165) is 5.56 Å². The van der Waals surface area contributed by atoms with Crippen LogP contribution in [0.2, 0.25) is 10.0 Å². The van der Waals surface area contributed by atoms with Crippen LogP contribution in [-0.4, -0.2) is 37.2 Å². The second-order valence-corrected chi connectivity index (χ2v) is 7.24. The van der Waals surface area contributed by atoms with Gasteiger partial charge in [-0.25, -0.2) is 0 Å². The number of rotatable bonds is 6. The molecular weight excluding hydrogens is 415 g/mol. The summed E-state index contributed by atoms with van der Waals surface area (Å²) in [4.78, 5) is 14.5. The van der Waals surface area contributed by atoms with Crippen molar-refractivity contribution in [1.29, 1.82) is 0 Å². The summed E-state index contributed by atoms with van der Waals surface area (Å²) in [5.74, 6) is 1.30. The van der Waals surface area contributed by atoms with E-state index >= 15 is 0 Å². The number of methoxy groups -OCH3 is 2. The van der Waals surface area contributed by atoms with E-state index in [1.165, 1.54) is 0 Å². The zero-order valence-corrected chi connectivity index (χ0v) is 17.9. The summed E-state index contributed by atoms with van der Waals surface area (Å²) >= 11 is 12.2. The molecule has 8 heteroatoms. The number of halogens is 2. The molecule has 1 heterocycles. The van der Waals surface area contributed by atoms with E-state index in [4.69, 9.17) is 37.2 Å². The molecule has 3 rings (SSSR count). The monoisotopic (exact) mass is 434 g/mol. The molecule has 152 valence electrons. The van der Waals surface area contributed by atoms with E-state index in [9.17, 15) is 4.79 Å². The Labute approximate surface area is 178 Å². The first-order chi connectivity index (χ1) is 13.8. The highest BCUT2D eigenvalue weighted by atomic mass is 35.5. The largest absolute Gasteiger partial charge is 0.497 e. The summed E-state index contributed by atoms with van der Waals surface area (Å²) in [5, 5.41) is 4.97. The van der Waals surface area contributed by atoms with E-state index in [1.54, 1.807) is 68.6 Å². The second kappa shape index (κ2) is 8.76. The Morgan fingerprint density at radius 2 is 1.86 bits per heavy atom. The van der Waals surface area contributed by atoms with Crippen LogP contribution in [0.3, 0.4) is 0 Å². The molecule has 0 spiro atoms. The fourth-order valence-corrected chi connectivity index (χ4v) is 3.48. The SMILES string of the molecule is COc1ccc(OC)c(-c2cc(C(=O)N(C)C(C)c3ccc(Cl)cc3Cl)no2)c1. The number of carbonyl (C=O) groups excluding carboxylic acids is 1. The standard InChI is InChI=1S/C21H20Cl2N2O4/c1-12(15-7-5-13(22)9-17(15)23)25(2)21(26)18-11-20(29-24-18)16-10-14(27-3)6-8-19(16)28-4/h5-12H,1-4H3. The maximum Gasteiger partial charge on any atom is 0.276 e. The fraction of sp³-hybridized carbons (Fsp3) is 0.238. The maximum atomic E-state index is 12.9. The van der Waals surface area contributed by atoms with Gasteiger partial charge in [0.25, 0.3) is 5.91 Å². The van der Waals surface area contributed by atoms with Gasteiger partial charge in [0.1, 0.15) is 11.5 Å². The van der Waals surface area contributed by atoms with Crippen LogP contribution in [0.5, 0.6) is 11.5 Å². The molecular formula is C21H20Cl2N2O4. The Hall–Kier alpha value is -2.70. The van der Waals surface area contributed by atoms with Gasteiger partial charge in [-0.2, -0.15) is 0 Å². The zero-order chi connectivity index (χ0) is 21.1. The van der Waals surface area contributed by atoms with Crippen molar-refractivity contribution in [3.8, 4) is 22.8 Å². The first-order valence-electron chi connectivity index (χ1n) is 8.77. The van der Waals surface area contributed by atoms with Gasteiger partial charge < -0.3 is 18.9 Å². The van der Waals surface area contributed by atoms with Gasteiger partial charge in [0.05, 0.1) is 25.8 Å². The average molecular weight is 435 g/mol. The van der Waals surface area contributed by atoms with Crippen LogP contribution in [0, 0.1) is 0 Å². The minimum absolute atomic E-state index is 0.171. The molecule has 6 nitrogen and oxygen atoms in total. The van der Waals surface area contributed by atoms with Gasteiger partial charge in [-0.3, -0.25) is 4.79 Å². The first kappa shape index (κ1) is 21.0. The summed E-state index contributed by atoms with van der Waals surface area (Å²) in [6.07, 6.45) is 0. The van der Waals surface area contributed by atoms with Gasteiger partial charge >= 0.3 is 0 Å². The quantitative estimate of drug-likeness (QED) is 0.512. The third-order valence-electron chi connectivity index (χ3n) is 4.72. The van der Waals surface area contributed by atoms with E-state index in [1.807, 2.05) is 6.92 Å². The first-order valence-corrected chi connectivity index (χ1v) is 9.52. The minimum atomic E-state index is -0.305. The van der Waals surface area contributed by atoms with Crippen molar-refractivity contribution in [1.82, 2.24) is 10.1 Å². The van der Waals surface area contributed by atoms with E-state index in [2.05, 4.69) is 5.16 Å². The molecule has 0 radical (unpaired) electrons. The summed E-state index contributed by atoms with van der Waals surface area (Å²) in [6, 6.07) is 11.8. The van der Waals surface area contributed by atoms with Crippen LogP contribution in [-0.2, 0) is 0 Å². The van der Waals surface area contributed by atoms with Crippen molar-refractivity contribution in [3.05, 3.63) is 63.8 Å². The highest BCUT2D eigenvalue weighted by Gasteiger charge is 2.24. The third kappa shape index (κ3) is 4.33. The lowest BCUT2D eigenvalue weighted by molar-refractivity contribution is 0.0732. The highest BCUT2D eigenvalue weighted by Crippen LogP contribution is 2.34. The predicted octanol–water partition coefficient (Wildman–Crippen LogP) is 5.50. The van der Waals surface area contributed by atoms with Crippen LogP contribution in [0.1, 0.15) is 29.0 Å². The second-order valence-electron chi connectivity index (χ2n) is 6.40. The lowest BCUT2D eigenvalue weighted by atomic mass is 10.1. The molecule has 0 aliphatic carbocycles. The molecule has 29 heavy (non-hydrogen) atoms. The van der Waals surface area contributed by atoms with E-state index in [0.29, 0.717) is 32.9 Å². The summed E-state index contributed by atoms with van der Waals surface area (Å²) < 4.78 is 16.0. The Balaban J connectivity index is 1.87. The Bertz CT molecular complexity index is 1040. The number of amides is 1. The highest BCUT2D eigenvalue weighted by molar-refractivity contribution is 6.35. The normalized spacial score (nSPS) is 11.8. The Kier molecular flexibility index (Phi) is 6.35. The summed E-state index contributed by atoms with van der Waals surface area (Å²) in [5.41, 5.74) is 1.59. The van der Waals surface area contributed by atoms with Gasteiger partial charge in [0, 0.05) is 23.2 Å². The molecule has 0 bridgehead atoms. The van der Waals surface area contributed by atoms with Gasteiger partial charge in [-0.15, -0.1) is 0 Å². The average Bonchev–Trinajstić information content (AvgIpc) is 3.21. The van der Waals surface area contributed by atoms with Crippen LogP contribution >= 0.6 is 23.2 Å². The number of aromatic nitrogens is 1. The third-order valence-corrected chi connectivity index (χ3v) is 5.28. The zero-order valence-electron chi connectivity index (χ0n) is 16.4. The molecule has 1 amide bonds. The van der Waals surface area contributed by atoms with Crippen molar-refractivity contribution in [2.45, 2.75) is 13.0 Å². The van der Waals surface area contributed by atoms with Crippen molar-refractivity contribution < 1.29 is 18.8 Å². The maximum absolute atomic E-state index is 12.9. The number of carbonyl (C=O) groups is 1. The molecule has 0 saturated carbocycles. The Morgan fingerprint density at radius 1 is 1.10 bits per heavy atom. The molecule has 1 atom stereocenters. The number of benzene rings is 2. The molecule has 0 aliphatic rings. The number of hydrogen-bond acceptors (Lipinski definition) is 5. The number of ether oxygens (including phenoxy) is 2. The number of hydrogen-bond donors (Lipinski definition) is 0. The fourth-order valence-electron chi connectivity index (χ4n) is 2.92. The van der Waals surface area contributed by atoms with Crippen molar-refractivity contribution in [2.75, 3.05) is 21.3 Å². The van der Waals surface area contributed by atoms with Crippen LogP contribution in [0.15, 0.2) is 47.0 Å². The predicted molar refractivity (Wildman–Crippen MR) is 112 cm³/mol. The van der Waals surface area contributed by atoms with Crippen LogP contribution in [0.4, 0.5) is 0 Å². The molecule has 2 aromatic carbocycles. The molecule has 1 aromatic heterocycles. The van der Waals surface area contributed by atoms with Gasteiger partial charge in [0.15, 0.2) is 11.5 Å². The van der Waals surface area contributed by atoms with E-state index < -0.39 is 0 Å². The molecule has 0 aliphatic heterocycles. The molecule has 1 unspecified atom stereocenters. The lowest BCUT2D eigenvalue weighted by Gasteiger charge is -2.25. The summed E-state index contributed by atoms with van der Waals surface area (Å²) in [7, 11) is 4.80. The molecule has 0 N–H and O–H groups in total. The van der Waals surface area contributed by atoms with Crippen molar-refractivity contribution in [3.63, 3.8) is 0 Å². The van der Waals surface area contributed by atoms with Crippen LogP contribution in [0.25, 0.3) is 11.3 Å². The molecule has 0 fully saturated rings. The Morgan fingerprint density at radius 3 is 2.52 bits per heavy atom. The minimum Gasteiger partial charge on any atom is -0.497 e. The summed E-state index contributed by atoms with van der Waals surface area (Å²) in [6.45, 7) is 1.87. The van der Waals surface area contributed by atoms with Gasteiger partial charge in [0.2, 0.25) is 0 Å².